The number of carbonyl (C=O) groups excluding carboxylic acids is 4. The van der Waals surface area contributed by atoms with Crippen molar-refractivity contribution in [1.82, 2.24) is 15.5 Å². The highest BCUT2D eigenvalue weighted by Crippen LogP contribution is 2.35. The van der Waals surface area contributed by atoms with Crippen molar-refractivity contribution in [1.29, 1.82) is 0 Å². The fourth-order valence-corrected chi connectivity index (χ4v) is 3.82. The average molecular weight is 439 g/mol. The molecule has 1 saturated carbocycles. The standard InChI is InChI=1S/C22H38N4O5/c1-22(2,3)17(23)20(29)26(4)16(11-13-8-9-13)19(28)25-15(21(30)31-5)12-14-7-6-10-24-18(14)27/h13-17H,6-12,23H2,1-5H3,(H,24,27)(H,25,28)/t14-,15-,16-,17+/m0/s1. The van der Waals surface area contributed by atoms with Crippen LogP contribution in [-0.4, -0.2) is 67.4 Å². The van der Waals surface area contributed by atoms with Crippen molar-refractivity contribution in [3.8, 4) is 0 Å². The number of piperidine rings is 1. The molecule has 0 aromatic heterocycles. The average Bonchev–Trinajstić information content (AvgIpc) is 3.54. The number of likely N-dealkylation sites (N-methyl/N-ethyl adjacent to an activating group) is 1. The minimum absolute atomic E-state index is 0.118. The van der Waals surface area contributed by atoms with Gasteiger partial charge in [-0.15, -0.1) is 0 Å². The summed E-state index contributed by atoms with van der Waals surface area (Å²) in [5.74, 6) is -1.44. The highest BCUT2D eigenvalue weighted by atomic mass is 16.5. The molecule has 0 aromatic rings. The van der Waals surface area contributed by atoms with Gasteiger partial charge in [0, 0.05) is 19.5 Å². The molecule has 0 spiro atoms. The van der Waals surface area contributed by atoms with Crippen LogP contribution in [0.15, 0.2) is 0 Å². The van der Waals surface area contributed by atoms with Crippen LogP contribution in [0, 0.1) is 17.3 Å². The van der Waals surface area contributed by atoms with Crippen molar-refractivity contribution < 1.29 is 23.9 Å². The number of hydrogen-bond donors (Lipinski definition) is 3. The van der Waals surface area contributed by atoms with Crippen LogP contribution in [-0.2, 0) is 23.9 Å². The molecule has 1 aliphatic carbocycles. The van der Waals surface area contributed by atoms with Crippen LogP contribution in [0.25, 0.3) is 0 Å². The third-order valence-electron chi connectivity index (χ3n) is 6.29. The van der Waals surface area contributed by atoms with Crippen LogP contribution in [0.2, 0.25) is 0 Å². The van der Waals surface area contributed by atoms with E-state index in [0.717, 1.165) is 19.3 Å². The second kappa shape index (κ2) is 10.4. The summed E-state index contributed by atoms with van der Waals surface area (Å²) < 4.78 is 4.87. The molecule has 9 heteroatoms. The van der Waals surface area contributed by atoms with E-state index in [1.165, 1.54) is 12.0 Å². The van der Waals surface area contributed by atoms with E-state index in [-0.39, 0.29) is 24.2 Å². The Balaban J connectivity index is 2.14. The number of nitrogens with one attached hydrogen (secondary N) is 2. The molecule has 3 amide bonds. The zero-order valence-electron chi connectivity index (χ0n) is 19.4. The Bertz CT molecular complexity index is 686. The first-order chi connectivity index (χ1) is 14.5. The Morgan fingerprint density at radius 3 is 2.39 bits per heavy atom. The third kappa shape index (κ3) is 6.92. The minimum Gasteiger partial charge on any atom is -0.467 e. The Morgan fingerprint density at radius 2 is 1.87 bits per heavy atom. The van der Waals surface area contributed by atoms with Gasteiger partial charge < -0.3 is 26.0 Å². The highest BCUT2D eigenvalue weighted by Gasteiger charge is 2.39. The first-order valence-electron chi connectivity index (χ1n) is 11.1. The third-order valence-corrected chi connectivity index (χ3v) is 6.29. The second-order valence-corrected chi connectivity index (χ2v) is 9.94. The van der Waals surface area contributed by atoms with Crippen molar-refractivity contribution in [2.24, 2.45) is 23.0 Å². The minimum atomic E-state index is -0.951. The lowest BCUT2D eigenvalue weighted by Gasteiger charge is -2.35. The smallest absolute Gasteiger partial charge is 0.328 e. The summed E-state index contributed by atoms with van der Waals surface area (Å²) in [5.41, 5.74) is 5.70. The maximum atomic E-state index is 13.2. The predicted octanol–water partition coefficient (Wildman–Crippen LogP) is 0.561. The lowest BCUT2D eigenvalue weighted by Crippen LogP contribution is -2.57. The number of methoxy groups -OCH3 is 1. The monoisotopic (exact) mass is 438 g/mol. The first-order valence-corrected chi connectivity index (χ1v) is 11.1. The zero-order chi connectivity index (χ0) is 23.3. The van der Waals surface area contributed by atoms with Crippen LogP contribution in [0.5, 0.6) is 0 Å². The van der Waals surface area contributed by atoms with E-state index in [9.17, 15) is 19.2 Å². The van der Waals surface area contributed by atoms with E-state index in [1.807, 2.05) is 20.8 Å². The molecule has 9 nitrogen and oxygen atoms in total. The van der Waals surface area contributed by atoms with E-state index in [1.54, 1.807) is 7.05 Å². The van der Waals surface area contributed by atoms with Crippen molar-refractivity contribution >= 4 is 23.7 Å². The molecular formula is C22H38N4O5. The molecule has 1 aliphatic heterocycles. The molecule has 31 heavy (non-hydrogen) atoms. The Kier molecular flexibility index (Phi) is 8.45. The van der Waals surface area contributed by atoms with Crippen molar-refractivity contribution in [2.45, 2.75) is 77.4 Å². The Labute approximate surface area is 184 Å². The van der Waals surface area contributed by atoms with E-state index in [2.05, 4.69) is 10.6 Å². The molecule has 1 heterocycles. The maximum absolute atomic E-state index is 13.2. The molecule has 4 N–H and O–H groups in total. The molecule has 4 atom stereocenters. The van der Waals surface area contributed by atoms with Gasteiger partial charge in [-0.1, -0.05) is 33.6 Å². The maximum Gasteiger partial charge on any atom is 0.328 e. The summed E-state index contributed by atoms with van der Waals surface area (Å²) in [4.78, 5) is 52.1. The molecule has 0 aromatic carbocycles. The molecular weight excluding hydrogens is 400 g/mol. The van der Waals surface area contributed by atoms with Crippen LogP contribution >= 0.6 is 0 Å². The number of amides is 3. The van der Waals surface area contributed by atoms with Gasteiger partial charge in [-0.25, -0.2) is 4.79 Å². The largest absolute Gasteiger partial charge is 0.467 e. The van der Waals surface area contributed by atoms with E-state index < -0.39 is 35.4 Å². The summed E-state index contributed by atoms with van der Waals surface area (Å²) in [6, 6.07) is -2.44. The normalized spacial score (nSPS) is 22.0. The SMILES string of the molecule is COC(=O)[C@H](C[C@@H]1CCCNC1=O)NC(=O)[C@H](CC1CC1)N(C)C(=O)[C@@H](N)C(C)(C)C. The van der Waals surface area contributed by atoms with Crippen LogP contribution in [0.4, 0.5) is 0 Å². The number of hydrogen-bond acceptors (Lipinski definition) is 6. The predicted molar refractivity (Wildman–Crippen MR) is 116 cm³/mol. The summed E-state index contributed by atoms with van der Waals surface area (Å²) in [6.45, 7) is 6.25. The van der Waals surface area contributed by atoms with Gasteiger partial charge in [-0.05, 0) is 37.0 Å². The second-order valence-electron chi connectivity index (χ2n) is 9.94. The van der Waals surface area contributed by atoms with E-state index >= 15 is 0 Å². The number of rotatable bonds is 9. The van der Waals surface area contributed by atoms with E-state index in [4.69, 9.17) is 10.5 Å². The van der Waals surface area contributed by atoms with Gasteiger partial charge in [0.25, 0.3) is 0 Å². The fourth-order valence-electron chi connectivity index (χ4n) is 3.82. The Hall–Kier alpha value is -2.16. The molecule has 0 unspecified atom stereocenters. The van der Waals surface area contributed by atoms with Gasteiger partial charge >= 0.3 is 5.97 Å². The summed E-state index contributed by atoms with van der Waals surface area (Å²) in [7, 11) is 2.84. The number of nitrogens with two attached hydrogens (primary N) is 1. The summed E-state index contributed by atoms with van der Waals surface area (Å²) >= 11 is 0. The molecule has 2 fully saturated rings. The molecule has 2 rings (SSSR count). The lowest BCUT2D eigenvalue weighted by atomic mass is 9.86. The molecule has 1 saturated heterocycles. The number of ether oxygens (including phenoxy) is 1. The van der Waals surface area contributed by atoms with Gasteiger partial charge in [0.2, 0.25) is 17.7 Å². The summed E-state index contributed by atoms with van der Waals surface area (Å²) in [6.07, 6.45) is 4.19. The van der Waals surface area contributed by atoms with E-state index in [0.29, 0.717) is 25.3 Å². The number of esters is 1. The molecule has 0 bridgehead atoms. The van der Waals surface area contributed by atoms with Crippen molar-refractivity contribution in [3.05, 3.63) is 0 Å². The zero-order valence-corrected chi connectivity index (χ0v) is 19.4. The number of nitrogens with zero attached hydrogens (tertiary/aromatic N) is 1. The highest BCUT2D eigenvalue weighted by molar-refractivity contribution is 5.92. The topological polar surface area (TPSA) is 131 Å². The van der Waals surface area contributed by atoms with Crippen molar-refractivity contribution in [2.75, 3.05) is 20.7 Å². The van der Waals surface area contributed by atoms with Crippen LogP contribution < -0.4 is 16.4 Å². The lowest BCUT2D eigenvalue weighted by molar-refractivity contribution is -0.148. The Morgan fingerprint density at radius 1 is 1.23 bits per heavy atom. The quantitative estimate of drug-likeness (QED) is 0.451. The molecule has 0 radical (unpaired) electrons. The number of carbonyl (C=O) groups is 4. The van der Waals surface area contributed by atoms with Crippen LogP contribution in [0.3, 0.4) is 0 Å². The summed E-state index contributed by atoms with van der Waals surface area (Å²) in [5, 5.41) is 5.55. The fraction of sp³-hybridized carbons (Fsp3) is 0.818. The molecule has 176 valence electrons. The van der Waals surface area contributed by atoms with Gasteiger partial charge in [0.05, 0.1) is 13.2 Å². The van der Waals surface area contributed by atoms with Gasteiger partial charge in [0.15, 0.2) is 0 Å². The van der Waals surface area contributed by atoms with Crippen LogP contribution in [0.1, 0.15) is 59.3 Å². The van der Waals surface area contributed by atoms with Gasteiger partial charge in [-0.3, -0.25) is 14.4 Å². The first kappa shape index (κ1) is 25.1. The van der Waals surface area contributed by atoms with Gasteiger partial charge in [-0.2, -0.15) is 0 Å². The molecule has 2 aliphatic rings. The van der Waals surface area contributed by atoms with Gasteiger partial charge in [0.1, 0.15) is 12.1 Å². The van der Waals surface area contributed by atoms with Crippen molar-refractivity contribution in [3.63, 3.8) is 0 Å².